The zero-order chi connectivity index (χ0) is 26.9. The molecular weight excluding hydrogens is 432 g/mol. The Hall–Kier alpha value is -1.56. The van der Waals surface area contributed by atoms with Gasteiger partial charge >= 0.3 is 0 Å². The molecule has 1 aliphatic carbocycles. The second-order valence-corrected chi connectivity index (χ2v) is 12.6. The van der Waals surface area contributed by atoms with Crippen LogP contribution in [0, 0.1) is 17.8 Å². The summed E-state index contributed by atoms with van der Waals surface area (Å²) in [7, 11) is 0. The second kappa shape index (κ2) is 18.6. The van der Waals surface area contributed by atoms with E-state index in [2.05, 4.69) is 92.3 Å². The van der Waals surface area contributed by atoms with E-state index in [1.54, 1.807) is 11.1 Å². The van der Waals surface area contributed by atoms with Crippen LogP contribution >= 0.6 is 0 Å². The summed E-state index contributed by atoms with van der Waals surface area (Å²) < 4.78 is 0. The molecule has 204 valence electrons. The zero-order valence-corrected chi connectivity index (χ0v) is 25.5. The molecule has 0 aromatic carbocycles. The van der Waals surface area contributed by atoms with Gasteiger partial charge in [0.25, 0.3) is 0 Å². The number of hydrogen-bond donors (Lipinski definition) is 0. The summed E-state index contributed by atoms with van der Waals surface area (Å²) in [4.78, 5) is 0. The Morgan fingerprint density at radius 1 is 0.806 bits per heavy atom. The molecule has 1 rings (SSSR count). The van der Waals surface area contributed by atoms with Crippen molar-refractivity contribution in [1.29, 1.82) is 0 Å². The highest BCUT2D eigenvalue weighted by Crippen LogP contribution is 2.37. The molecule has 1 aliphatic rings. The molecule has 0 N–H and O–H groups in total. The van der Waals surface area contributed by atoms with Crippen molar-refractivity contribution in [3.63, 3.8) is 0 Å². The third-order valence-electron chi connectivity index (χ3n) is 7.46. The van der Waals surface area contributed by atoms with E-state index >= 15 is 0 Å². The van der Waals surface area contributed by atoms with Gasteiger partial charge in [0.05, 0.1) is 0 Å². The predicted molar refractivity (Wildman–Crippen MR) is 165 cm³/mol. The molecule has 0 nitrogen and oxygen atoms in total. The third-order valence-corrected chi connectivity index (χ3v) is 7.46. The minimum absolute atomic E-state index is 0.748. The topological polar surface area (TPSA) is 0 Å². The molecule has 2 unspecified atom stereocenters. The van der Waals surface area contributed by atoms with Crippen molar-refractivity contribution in [2.24, 2.45) is 17.8 Å². The van der Waals surface area contributed by atoms with Crippen LogP contribution in [0.15, 0.2) is 70.4 Å². The largest absolute Gasteiger partial charge is 0.0999 e. The molecule has 0 heterocycles. The molecule has 0 aromatic rings. The van der Waals surface area contributed by atoms with Crippen LogP contribution in [0.5, 0.6) is 0 Å². The van der Waals surface area contributed by atoms with Gasteiger partial charge < -0.3 is 0 Å². The van der Waals surface area contributed by atoms with E-state index in [9.17, 15) is 0 Å². The Balaban J connectivity index is 2.54. The highest BCUT2D eigenvalue weighted by Gasteiger charge is 2.23. The Morgan fingerprint density at radius 2 is 1.36 bits per heavy atom. The first-order valence-electron chi connectivity index (χ1n) is 15.0. The van der Waals surface area contributed by atoms with E-state index in [4.69, 9.17) is 0 Å². The Morgan fingerprint density at radius 3 is 1.92 bits per heavy atom. The molecule has 0 aliphatic heterocycles. The first-order valence-corrected chi connectivity index (χ1v) is 15.0. The van der Waals surface area contributed by atoms with E-state index in [0.717, 1.165) is 30.6 Å². The van der Waals surface area contributed by atoms with Gasteiger partial charge in [-0.15, -0.1) is 0 Å². The van der Waals surface area contributed by atoms with Crippen LogP contribution in [0.4, 0.5) is 0 Å². The number of rotatable bonds is 17. The third kappa shape index (κ3) is 17.0. The maximum absolute atomic E-state index is 4.44. The summed E-state index contributed by atoms with van der Waals surface area (Å²) >= 11 is 0. The van der Waals surface area contributed by atoms with Crippen LogP contribution in [0.1, 0.15) is 139 Å². The standard InChI is InChI=1S/C36H60/c1-28(2)14-10-16-31(7)18-12-19-33(9)22-23-35-25-34(26-36(27-35)24-30(5)6)21-13-20-32(8)17-11-15-29(3)4/h14-15,18,20,25,30,35-36H,9-13,16-17,19,21-24,26-27H2,1-8H3/b31-18+,32-20+. The molecule has 2 atom stereocenters. The van der Waals surface area contributed by atoms with Gasteiger partial charge in [0.2, 0.25) is 0 Å². The van der Waals surface area contributed by atoms with Crippen molar-refractivity contribution in [2.45, 2.75) is 139 Å². The van der Waals surface area contributed by atoms with Crippen molar-refractivity contribution in [3.8, 4) is 0 Å². The van der Waals surface area contributed by atoms with Gasteiger partial charge in [0.1, 0.15) is 0 Å². The van der Waals surface area contributed by atoms with E-state index in [0.29, 0.717) is 0 Å². The van der Waals surface area contributed by atoms with Gasteiger partial charge in [-0.25, -0.2) is 0 Å². The maximum atomic E-state index is 4.44. The zero-order valence-electron chi connectivity index (χ0n) is 25.5. The fourth-order valence-corrected chi connectivity index (χ4v) is 5.51. The average molecular weight is 493 g/mol. The highest BCUT2D eigenvalue weighted by molar-refractivity contribution is 5.13. The summed E-state index contributed by atoms with van der Waals surface area (Å²) in [6.07, 6.45) is 28.4. The average Bonchev–Trinajstić information content (AvgIpc) is 2.76. The van der Waals surface area contributed by atoms with E-state index in [1.807, 2.05) is 0 Å². The Kier molecular flexibility index (Phi) is 16.8. The summed E-state index contributed by atoms with van der Waals surface area (Å²) in [6.45, 7) is 22.6. The molecule has 36 heavy (non-hydrogen) atoms. The number of allylic oxidation sites excluding steroid dienone is 11. The summed E-state index contributed by atoms with van der Waals surface area (Å²) in [5, 5.41) is 0. The lowest BCUT2D eigenvalue weighted by Crippen LogP contribution is -2.16. The monoisotopic (exact) mass is 492 g/mol. The molecule has 0 heteroatoms. The lowest BCUT2D eigenvalue weighted by Gasteiger charge is -2.30. The Labute approximate surface area is 226 Å². The van der Waals surface area contributed by atoms with Gasteiger partial charge in [-0.3, -0.25) is 0 Å². The lowest BCUT2D eigenvalue weighted by atomic mass is 9.76. The molecule has 0 aromatic heterocycles. The van der Waals surface area contributed by atoms with Crippen molar-refractivity contribution in [2.75, 3.05) is 0 Å². The van der Waals surface area contributed by atoms with E-state index in [1.165, 1.54) is 92.9 Å². The van der Waals surface area contributed by atoms with Crippen LogP contribution in [0.3, 0.4) is 0 Å². The lowest BCUT2D eigenvalue weighted by molar-refractivity contribution is 0.316. The molecule has 0 spiro atoms. The first-order chi connectivity index (χ1) is 17.0. The predicted octanol–water partition coefficient (Wildman–Crippen LogP) is 12.3. The van der Waals surface area contributed by atoms with Crippen molar-refractivity contribution in [3.05, 3.63) is 70.4 Å². The minimum Gasteiger partial charge on any atom is -0.0999 e. The molecule has 0 amide bonds. The second-order valence-electron chi connectivity index (χ2n) is 12.6. The molecular formula is C36H60. The minimum atomic E-state index is 0.748. The fourth-order valence-electron chi connectivity index (χ4n) is 5.51. The van der Waals surface area contributed by atoms with E-state index < -0.39 is 0 Å². The molecule has 0 saturated heterocycles. The molecule has 0 radical (unpaired) electrons. The van der Waals surface area contributed by atoms with Crippen LogP contribution in [-0.2, 0) is 0 Å². The molecule has 0 saturated carbocycles. The maximum Gasteiger partial charge on any atom is -0.0225 e. The summed E-state index contributed by atoms with van der Waals surface area (Å²) in [5.74, 6) is 2.42. The van der Waals surface area contributed by atoms with Crippen molar-refractivity contribution < 1.29 is 0 Å². The van der Waals surface area contributed by atoms with Gasteiger partial charge in [-0.2, -0.15) is 0 Å². The first kappa shape index (κ1) is 32.5. The van der Waals surface area contributed by atoms with Crippen LogP contribution in [0.25, 0.3) is 0 Å². The SMILES string of the molecule is C=C(CC/C=C(\C)CCC=C(C)C)CCC1C=C(CC/C=C(\C)CCC=C(C)C)CC(CC(C)C)C1. The quantitative estimate of drug-likeness (QED) is 0.177. The van der Waals surface area contributed by atoms with Crippen LogP contribution in [-0.4, -0.2) is 0 Å². The summed E-state index contributed by atoms with van der Waals surface area (Å²) in [6, 6.07) is 0. The van der Waals surface area contributed by atoms with E-state index in [-0.39, 0.29) is 0 Å². The van der Waals surface area contributed by atoms with Gasteiger partial charge in [0.15, 0.2) is 0 Å². The normalized spacial score (nSPS) is 18.8. The van der Waals surface area contributed by atoms with Gasteiger partial charge in [0, 0.05) is 0 Å². The Bertz CT molecular complexity index is 784. The molecule has 0 fully saturated rings. The highest BCUT2D eigenvalue weighted by atomic mass is 14.3. The van der Waals surface area contributed by atoms with Gasteiger partial charge in [-0.05, 0) is 143 Å². The van der Waals surface area contributed by atoms with Crippen molar-refractivity contribution in [1.82, 2.24) is 0 Å². The van der Waals surface area contributed by atoms with Gasteiger partial charge in [-0.1, -0.05) is 84.2 Å². The fraction of sp³-hybridized carbons (Fsp3) is 0.667. The summed E-state index contributed by atoms with van der Waals surface area (Å²) in [5.41, 5.74) is 9.11. The van der Waals surface area contributed by atoms with Crippen LogP contribution in [0.2, 0.25) is 0 Å². The smallest absolute Gasteiger partial charge is 0.0225 e. The van der Waals surface area contributed by atoms with Crippen molar-refractivity contribution >= 4 is 0 Å². The van der Waals surface area contributed by atoms with Crippen LogP contribution < -0.4 is 0 Å². The number of hydrogen-bond acceptors (Lipinski definition) is 0. The molecule has 0 bridgehead atoms.